The fourth-order valence-electron chi connectivity index (χ4n) is 2.50. The Bertz CT molecular complexity index is 756. The first-order valence-electron chi connectivity index (χ1n) is 7.32. The van der Waals surface area contributed by atoms with Gasteiger partial charge in [0.15, 0.2) is 0 Å². The molecule has 0 aliphatic rings. The van der Waals surface area contributed by atoms with Crippen molar-refractivity contribution in [2.45, 2.75) is 13.0 Å². The summed E-state index contributed by atoms with van der Waals surface area (Å²) < 4.78 is 7.01. The zero-order valence-electron chi connectivity index (χ0n) is 12.2. The average Bonchev–Trinajstić information content (AvgIpc) is 2.95. The van der Waals surface area contributed by atoms with Gasteiger partial charge in [-0.25, -0.2) is 0 Å². The van der Waals surface area contributed by atoms with Crippen LogP contribution in [0.5, 0.6) is 0 Å². The van der Waals surface area contributed by atoms with Crippen molar-refractivity contribution in [3.05, 3.63) is 58.6 Å². The lowest BCUT2D eigenvalue weighted by molar-refractivity contribution is 0.732. The highest BCUT2D eigenvalue weighted by Crippen LogP contribution is 2.30. The molecule has 1 aromatic heterocycles. The van der Waals surface area contributed by atoms with E-state index in [1.165, 1.54) is 15.6 Å². The first-order chi connectivity index (χ1) is 10.8. The van der Waals surface area contributed by atoms with Crippen molar-refractivity contribution in [1.29, 1.82) is 0 Å². The van der Waals surface area contributed by atoms with E-state index in [-0.39, 0.29) is 0 Å². The summed E-state index contributed by atoms with van der Waals surface area (Å²) in [5, 5.41) is 1.22. The maximum absolute atomic E-state index is 5.71. The number of rotatable bonds is 6. The SMILES string of the molecule is NCCCN(Cc1cccc(Br)c1)c1nsc2ccccc12. The number of nitrogens with two attached hydrogens (primary N) is 1. The lowest BCUT2D eigenvalue weighted by Crippen LogP contribution is -2.26. The highest BCUT2D eigenvalue weighted by atomic mass is 79.9. The molecule has 0 aliphatic carbocycles. The topological polar surface area (TPSA) is 42.1 Å². The van der Waals surface area contributed by atoms with Crippen molar-refractivity contribution in [3.8, 4) is 0 Å². The van der Waals surface area contributed by atoms with E-state index < -0.39 is 0 Å². The third kappa shape index (κ3) is 3.48. The van der Waals surface area contributed by atoms with Crippen molar-refractivity contribution in [1.82, 2.24) is 4.37 Å². The fourth-order valence-corrected chi connectivity index (χ4v) is 3.74. The van der Waals surface area contributed by atoms with Crippen LogP contribution >= 0.6 is 27.5 Å². The minimum atomic E-state index is 0.692. The minimum Gasteiger partial charge on any atom is -0.351 e. The first kappa shape index (κ1) is 15.5. The molecule has 3 nitrogen and oxygen atoms in total. The fraction of sp³-hybridized carbons (Fsp3) is 0.235. The van der Waals surface area contributed by atoms with E-state index in [2.05, 4.69) is 67.7 Å². The molecule has 0 amide bonds. The second kappa shape index (κ2) is 7.22. The van der Waals surface area contributed by atoms with Gasteiger partial charge in [0.25, 0.3) is 0 Å². The number of benzene rings is 2. The number of hydrogen-bond donors (Lipinski definition) is 1. The summed E-state index contributed by atoms with van der Waals surface area (Å²) in [5.41, 5.74) is 6.98. The molecule has 2 aromatic carbocycles. The predicted octanol–water partition coefficient (Wildman–Crippen LogP) is 4.41. The monoisotopic (exact) mass is 375 g/mol. The van der Waals surface area contributed by atoms with Crippen LogP contribution in [-0.2, 0) is 6.54 Å². The maximum atomic E-state index is 5.71. The van der Waals surface area contributed by atoms with Crippen LogP contribution in [-0.4, -0.2) is 17.5 Å². The smallest absolute Gasteiger partial charge is 0.150 e. The molecular weight excluding hydrogens is 358 g/mol. The number of aromatic nitrogens is 1. The zero-order chi connectivity index (χ0) is 15.4. The molecule has 1 heterocycles. The molecule has 3 rings (SSSR count). The molecule has 0 fully saturated rings. The van der Waals surface area contributed by atoms with Gasteiger partial charge in [0, 0.05) is 22.9 Å². The first-order valence-corrected chi connectivity index (χ1v) is 8.88. The molecule has 22 heavy (non-hydrogen) atoms. The van der Waals surface area contributed by atoms with Crippen LogP contribution in [0.1, 0.15) is 12.0 Å². The molecule has 0 aliphatic heterocycles. The molecule has 5 heteroatoms. The van der Waals surface area contributed by atoms with Crippen LogP contribution in [0.15, 0.2) is 53.0 Å². The molecular formula is C17H18BrN3S. The summed E-state index contributed by atoms with van der Waals surface area (Å²) in [5.74, 6) is 1.06. The maximum Gasteiger partial charge on any atom is 0.150 e. The van der Waals surface area contributed by atoms with Crippen molar-refractivity contribution in [2.24, 2.45) is 5.73 Å². The van der Waals surface area contributed by atoms with Crippen molar-refractivity contribution in [3.63, 3.8) is 0 Å². The normalized spacial score (nSPS) is 11.0. The summed E-state index contributed by atoms with van der Waals surface area (Å²) >= 11 is 5.10. The Morgan fingerprint density at radius 1 is 1.14 bits per heavy atom. The second-order valence-electron chi connectivity index (χ2n) is 5.20. The van der Waals surface area contributed by atoms with E-state index in [4.69, 9.17) is 5.73 Å². The molecule has 2 N–H and O–H groups in total. The number of halogens is 1. The van der Waals surface area contributed by atoms with Crippen LogP contribution in [0.3, 0.4) is 0 Å². The molecule has 0 atom stereocenters. The standard InChI is InChI=1S/C17H18BrN3S/c18-14-6-3-5-13(11-14)12-21(10-4-9-19)17-15-7-1-2-8-16(15)22-20-17/h1-3,5-8,11H,4,9-10,12,19H2. The number of fused-ring (bicyclic) bond motifs is 1. The van der Waals surface area contributed by atoms with Crippen molar-refractivity contribution >= 4 is 43.4 Å². The Labute approximate surface area is 143 Å². The Hall–Kier alpha value is -1.43. The van der Waals surface area contributed by atoms with Crippen LogP contribution in [0, 0.1) is 0 Å². The zero-order valence-corrected chi connectivity index (χ0v) is 14.6. The Morgan fingerprint density at radius 3 is 2.82 bits per heavy atom. The number of anilines is 1. The molecule has 0 saturated heterocycles. The van der Waals surface area contributed by atoms with Crippen LogP contribution in [0.4, 0.5) is 5.82 Å². The van der Waals surface area contributed by atoms with Crippen LogP contribution < -0.4 is 10.6 Å². The van der Waals surface area contributed by atoms with Gasteiger partial charge in [-0.15, -0.1) is 0 Å². The van der Waals surface area contributed by atoms with E-state index >= 15 is 0 Å². The molecule has 3 aromatic rings. The van der Waals surface area contributed by atoms with Gasteiger partial charge in [0.1, 0.15) is 5.82 Å². The van der Waals surface area contributed by atoms with Gasteiger partial charge in [-0.2, -0.15) is 4.37 Å². The summed E-state index contributed by atoms with van der Waals surface area (Å²) in [6, 6.07) is 16.8. The molecule has 0 spiro atoms. The highest BCUT2D eigenvalue weighted by Gasteiger charge is 2.14. The molecule has 0 saturated carbocycles. The summed E-state index contributed by atoms with van der Waals surface area (Å²) in [4.78, 5) is 2.33. The summed E-state index contributed by atoms with van der Waals surface area (Å²) in [7, 11) is 0. The van der Waals surface area contributed by atoms with Gasteiger partial charge in [0.2, 0.25) is 0 Å². The van der Waals surface area contributed by atoms with Crippen molar-refractivity contribution in [2.75, 3.05) is 18.0 Å². The lowest BCUT2D eigenvalue weighted by atomic mass is 10.2. The van der Waals surface area contributed by atoms with Gasteiger partial charge < -0.3 is 10.6 Å². The van der Waals surface area contributed by atoms with Gasteiger partial charge >= 0.3 is 0 Å². The van der Waals surface area contributed by atoms with Gasteiger partial charge in [-0.1, -0.05) is 40.2 Å². The third-order valence-corrected chi connectivity index (χ3v) is 4.86. The number of nitrogens with zero attached hydrogens (tertiary/aromatic N) is 2. The Balaban J connectivity index is 1.92. The van der Waals surface area contributed by atoms with Gasteiger partial charge in [-0.05, 0) is 54.3 Å². The molecule has 0 bridgehead atoms. The van der Waals surface area contributed by atoms with Crippen LogP contribution in [0.25, 0.3) is 10.1 Å². The van der Waals surface area contributed by atoms with E-state index in [0.29, 0.717) is 6.54 Å². The largest absolute Gasteiger partial charge is 0.351 e. The summed E-state index contributed by atoms with van der Waals surface area (Å²) in [6.45, 7) is 2.45. The molecule has 0 radical (unpaired) electrons. The van der Waals surface area contributed by atoms with E-state index in [0.717, 1.165) is 29.8 Å². The second-order valence-corrected chi connectivity index (χ2v) is 6.92. The van der Waals surface area contributed by atoms with Gasteiger partial charge in [0.05, 0.1) is 4.70 Å². The van der Waals surface area contributed by atoms with Crippen LogP contribution in [0.2, 0.25) is 0 Å². The third-order valence-electron chi connectivity index (χ3n) is 3.55. The number of hydrogen-bond acceptors (Lipinski definition) is 4. The quantitative estimate of drug-likeness (QED) is 0.693. The van der Waals surface area contributed by atoms with E-state index in [9.17, 15) is 0 Å². The highest BCUT2D eigenvalue weighted by molar-refractivity contribution is 9.10. The van der Waals surface area contributed by atoms with Crippen molar-refractivity contribution < 1.29 is 0 Å². The Kier molecular flexibility index (Phi) is 5.08. The summed E-state index contributed by atoms with van der Waals surface area (Å²) in [6.07, 6.45) is 0.958. The minimum absolute atomic E-state index is 0.692. The predicted molar refractivity (Wildman–Crippen MR) is 98.5 cm³/mol. The van der Waals surface area contributed by atoms with E-state index in [1.807, 2.05) is 6.07 Å². The van der Waals surface area contributed by atoms with E-state index in [1.54, 1.807) is 11.5 Å². The molecule has 0 unspecified atom stereocenters. The average molecular weight is 376 g/mol. The lowest BCUT2D eigenvalue weighted by Gasteiger charge is -2.23. The van der Waals surface area contributed by atoms with Gasteiger partial charge in [-0.3, -0.25) is 0 Å². The molecule has 114 valence electrons. The Morgan fingerprint density at radius 2 is 2.00 bits per heavy atom.